The van der Waals surface area contributed by atoms with Gasteiger partial charge >= 0.3 is 0 Å². The van der Waals surface area contributed by atoms with Gasteiger partial charge in [0.25, 0.3) is 0 Å². The Morgan fingerprint density at radius 2 is 0.828 bits per heavy atom. The second-order valence-corrected chi connectivity index (χ2v) is 7.64. The third-order valence-electron chi connectivity index (χ3n) is 4.39. The summed E-state index contributed by atoms with van der Waals surface area (Å²) in [6, 6.07) is 0. The number of ether oxygens (including phenoxy) is 7. The van der Waals surface area contributed by atoms with Crippen molar-refractivity contribution in [2.45, 2.75) is 9.65 Å². The van der Waals surface area contributed by atoms with E-state index >= 15 is 0 Å². The van der Waals surface area contributed by atoms with Crippen LogP contribution in [0.15, 0.2) is 70.4 Å². The first-order valence-electron chi connectivity index (χ1n) is 8.38. The van der Waals surface area contributed by atoms with Crippen molar-refractivity contribution >= 4 is 31.9 Å². The monoisotopic (exact) mass is 534 g/mol. The van der Waals surface area contributed by atoms with Crippen LogP contribution in [0.1, 0.15) is 0 Å². The van der Waals surface area contributed by atoms with Gasteiger partial charge in [0, 0.05) is 11.1 Å². The van der Waals surface area contributed by atoms with Crippen molar-refractivity contribution in [3.05, 3.63) is 70.4 Å². The van der Waals surface area contributed by atoms with Crippen molar-refractivity contribution < 1.29 is 33.2 Å². The molecule has 0 saturated carbocycles. The maximum Gasteiger partial charge on any atom is 0.215 e. The molecule has 0 aromatic heterocycles. The zero-order valence-electron chi connectivity index (χ0n) is 17.2. The van der Waals surface area contributed by atoms with Crippen LogP contribution in [-0.2, 0) is 33.2 Å². The highest BCUT2D eigenvalue weighted by molar-refractivity contribution is 9.10. The Balaban J connectivity index is 2.75. The minimum atomic E-state index is -0.346. The molecular weight excluding hydrogens is 512 g/mol. The summed E-state index contributed by atoms with van der Waals surface area (Å²) in [5.41, 5.74) is 1.20. The fraction of sp³-hybridized carbons (Fsp3) is 0.400. The van der Waals surface area contributed by atoms with E-state index in [1.165, 1.54) is 42.7 Å². The molecule has 29 heavy (non-hydrogen) atoms. The highest BCUT2D eigenvalue weighted by Crippen LogP contribution is 2.44. The summed E-state index contributed by atoms with van der Waals surface area (Å²) in [7, 11) is 9.11. The molecule has 0 N–H and O–H groups in total. The lowest BCUT2D eigenvalue weighted by atomic mass is 10.0. The van der Waals surface area contributed by atoms with Gasteiger partial charge in [-0.15, -0.1) is 0 Å². The van der Waals surface area contributed by atoms with Gasteiger partial charge in [0.05, 0.1) is 42.7 Å². The van der Waals surface area contributed by atoms with Crippen molar-refractivity contribution in [2.75, 3.05) is 42.7 Å². The normalized spacial score (nSPS) is 22.8. The number of hydrogen-bond donors (Lipinski definition) is 0. The van der Waals surface area contributed by atoms with Gasteiger partial charge in [-0.25, -0.2) is 0 Å². The van der Waals surface area contributed by atoms with Crippen molar-refractivity contribution in [3.63, 3.8) is 0 Å². The zero-order chi connectivity index (χ0) is 21.9. The Kier molecular flexibility index (Phi) is 7.76. The average molecular weight is 536 g/mol. The van der Waals surface area contributed by atoms with Gasteiger partial charge in [0.15, 0.2) is 23.0 Å². The van der Waals surface area contributed by atoms with Gasteiger partial charge in [-0.1, -0.05) is 45.0 Å². The molecule has 0 aromatic rings. The summed E-state index contributed by atoms with van der Waals surface area (Å²) < 4.78 is 39.6. The molecule has 2 atom stereocenters. The Hall–Kier alpha value is -2.00. The van der Waals surface area contributed by atoms with E-state index < -0.39 is 0 Å². The molecule has 0 aromatic carbocycles. The quantitative estimate of drug-likeness (QED) is 0.427. The Morgan fingerprint density at radius 1 is 0.517 bits per heavy atom. The minimum Gasteiger partial charge on any atom is -0.496 e. The number of halogens is 2. The molecule has 0 bridgehead atoms. The first kappa shape index (κ1) is 23.3. The molecule has 0 amide bonds. The molecule has 0 radical (unpaired) electrons. The van der Waals surface area contributed by atoms with Crippen molar-refractivity contribution in [1.29, 1.82) is 0 Å². The van der Waals surface area contributed by atoms with E-state index in [1.807, 2.05) is 0 Å². The molecule has 0 spiro atoms. The maximum atomic E-state index is 6.27. The smallest absolute Gasteiger partial charge is 0.215 e. The molecule has 0 aliphatic heterocycles. The standard InChI is InChI=1S/C20H24Br2O7/c1-9-11(21)15(25-5)17(27-7)19(13(9)23-3)29-20-14(24-4)10(2)12(22)16(26-6)18(20)28-8/h11-12H,1-2H2,3-8H3. The van der Waals surface area contributed by atoms with E-state index in [0.717, 1.165) is 0 Å². The van der Waals surface area contributed by atoms with Crippen LogP contribution in [0.25, 0.3) is 0 Å². The molecule has 160 valence electrons. The zero-order valence-corrected chi connectivity index (χ0v) is 20.4. The van der Waals surface area contributed by atoms with Gasteiger partial charge in [-0.3, -0.25) is 0 Å². The van der Waals surface area contributed by atoms with Crippen LogP contribution in [0.2, 0.25) is 0 Å². The van der Waals surface area contributed by atoms with E-state index in [0.29, 0.717) is 45.7 Å². The number of methoxy groups -OCH3 is 6. The molecule has 2 aliphatic carbocycles. The van der Waals surface area contributed by atoms with Crippen molar-refractivity contribution in [3.8, 4) is 0 Å². The van der Waals surface area contributed by atoms with Gasteiger partial charge in [0.1, 0.15) is 9.65 Å². The first-order valence-corrected chi connectivity index (χ1v) is 10.2. The lowest BCUT2D eigenvalue weighted by Gasteiger charge is -2.31. The molecule has 0 heterocycles. The average Bonchev–Trinajstić information content (AvgIpc) is 2.72. The molecule has 2 rings (SSSR count). The number of rotatable bonds is 8. The lowest BCUT2D eigenvalue weighted by molar-refractivity contribution is 0.130. The number of allylic oxidation sites excluding steroid dienone is 4. The summed E-state index contributed by atoms with van der Waals surface area (Å²) in [5.74, 6) is 2.91. The summed E-state index contributed by atoms with van der Waals surface area (Å²) in [6.45, 7) is 8.15. The van der Waals surface area contributed by atoms with Crippen LogP contribution in [0, 0.1) is 0 Å². The number of hydrogen-bond acceptors (Lipinski definition) is 7. The van der Waals surface area contributed by atoms with Crippen LogP contribution in [0.5, 0.6) is 0 Å². The molecule has 0 fully saturated rings. The minimum absolute atomic E-state index is 0.253. The molecular formula is C20H24Br2O7. The summed E-state index contributed by atoms with van der Waals surface area (Å²) >= 11 is 7.08. The van der Waals surface area contributed by atoms with Crippen LogP contribution in [-0.4, -0.2) is 52.3 Å². The summed E-state index contributed by atoms with van der Waals surface area (Å²) in [5, 5.41) is 0. The fourth-order valence-electron chi connectivity index (χ4n) is 3.01. The summed E-state index contributed by atoms with van der Waals surface area (Å²) in [4.78, 5) is -0.693. The van der Waals surface area contributed by atoms with Crippen molar-refractivity contribution in [2.24, 2.45) is 0 Å². The van der Waals surface area contributed by atoms with Crippen LogP contribution in [0.4, 0.5) is 0 Å². The Bertz CT molecular complexity index is 768. The van der Waals surface area contributed by atoms with Crippen LogP contribution < -0.4 is 0 Å². The second-order valence-electron chi connectivity index (χ2n) is 5.81. The highest BCUT2D eigenvalue weighted by Gasteiger charge is 2.40. The van der Waals surface area contributed by atoms with E-state index in [9.17, 15) is 0 Å². The fourth-order valence-corrected chi connectivity index (χ4v) is 4.22. The van der Waals surface area contributed by atoms with Gasteiger partial charge in [0.2, 0.25) is 23.0 Å². The molecule has 7 nitrogen and oxygen atoms in total. The van der Waals surface area contributed by atoms with Gasteiger partial charge < -0.3 is 33.2 Å². The SMILES string of the molecule is C=C1C(OC)=C(OC2=C(OC)C(=C)C(Br)C(OC)=C2OC)C(OC)=C(OC)C1Br. The Morgan fingerprint density at radius 3 is 1.07 bits per heavy atom. The predicted octanol–water partition coefficient (Wildman–Crippen LogP) is 4.39. The third-order valence-corrected chi connectivity index (χ3v) is 6.33. The largest absolute Gasteiger partial charge is 0.496 e. The third kappa shape index (κ3) is 3.90. The van der Waals surface area contributed by atoms with E-state index in [4.69, 9.17) is 33.2 Å². The topological polar surface area (TPSA) is 64.6 Å². The highest BCUT2D eigenvalue weighted by atomic mass is 79.9. The Labute approximate surface area is 187 Å². The molecule has 9 heteroatoms. The van der Waals surface area contributed by atoms with Gasteiger partial charge in [-0.2, -0.15) is 0 Å². The molecule has 0 saturated heterocycles. The van der Waals surface area contributed by atoms with Crippen LogP contribution in [0.3, 0.4) is 0 Å². The van der Waals surface area contributed by atoms with E-state index in [1.54, 1.807) is 0 Å². The second kappa shape index (κ2) is 9.67. The number of alkyl halides is 2. The molecule has 2 aliphatic rings. The lowest BCUT2D eigenvalue weighted by Crippen LogP contribution is -2.26. The van der Waals surface area contributed by atoms with Crippen LogP contribution >= 0.6 is 31.9 Å². The first-order chi connectivity index (χ1) is 13.8. The van der Waals surface area contributed by atoms with Crippen molar-refractivity contribution in [1.82, 2.24) is 0 Å². The predicted molar refractivity (Wildman–Crippen MR) is 115 cm³/mol. The molecule has 2 unspecified atom stereocenters. The van der Waals surface area contributed by atoms with E-state index in [-0.39, 0.29) is 21.2 Å². The maximum absolute atomic E-state index is 6.27. The van der Waals surface area contributed by atoms with E-state index in [2.05, 4.69) is 45.0 Å². The summed E-state index contributed by atoms with van der Waals surface area (Å²) in [6.07, 6.45) is 0. The van der Waals surface area contributed by atoms with Gasteiger partial charge in [-0.05, 0) is 0 Å².